The van der Waals surface area contributed by atoms with Crippen molar-refractivity contribution in [1.29, 1.82) is 0 Å². The van der Waals surface area contributed by atoms with E-state index >= 15 is 0 Å². The van der Waals surface area contributed by atoms with Crippen LogP contribution in [0.15, 0.2) is 83.7 Å². The monoisotopic (exact) mass is 876 g/mol. The highest BCUT2D eigenvalue weighted by Crippen LogP contribution is 2.34. The molecule has 20 heteroatoms. The van der Waals surface area contributed by atoms with Crippen molar-refractivity contribution in [3.8, 4) is 16.9 Å². The van der Waals surface area contributed by atoms with Gasteiger partial charge in [-0.3, -0.25) is 10.1 Å². The summed E-state index contributed by atoms with van der Waals surface area (Å²) in [6, 6.07) is 20.9. The molecule has 3 amide bonds. The summed E-state index contributed by atoms with van der Waals surface area (Å²) in [4.78, 5) is 64.7. The molecule has 1 fully saturated rings. The zero-order valence-corrected chi connectivity index (χ0v) is 33.3. The Hall–Kier alpha value is -6.15. The number of pyridine rings is 1. The number of urea groups is 1. The number of rotatable bonds is 18. The van der Waals surface area contributed by atoms with E-state index in [4.69, 9.17) is 9.47 Å². The molecule has 5 rings (SSSR count). The van der Waals surface area contributed by atoms with Gasteiger partial charge in [-0.15, -0.1) is 0 Å². The minimum atomic E-state index is -5.38. The predicted octanol–water partition coefficient (Wildman–Crippen LogP) is 6.97. The first kappa shape index (κ1) is 46.9. The van der Waals surface area contributed by atoms with Gasteiger partial charge in [0.25, 0.3) is 0 Å². The number of carbonyl (C=O) groups is 4. The van der Waals surface area contributed by atoms with Gasteiger partial charge in [0.1, 0.15) is 12.2 Å². The molecule has 62 heavy (non-hydrogen) atoms. The number of hydrogen-bond acceptors (Lipinski definition) is 10. The van der Waals surface area contributed by atoms with Gasteiger partial charge in [0.05, 0.1) is 11.2 Å². The Bertz CT molecular complexity index is 2200. The number of unbranched alkanes of at least 4 members (excludes halogenated alkanes) is 2. The number of nitrogens with zero attached hydrogens (tertiary/aromatic N) is 1. The summed E-state index contributed by atoms with van der Waals surface area (Å²) >= 11 is 0. The number of aromatic nitrogens is 1. The average Bonchev–Trinajstić information content (AvgIpc) is 3.23. The molecule has 3 aromatic carbocycles. The van der Waals surface area contributed by atoms with E-state index in [1.165, 1.54) is 0 Å². The molecule has 334 valence electrons. The van der Waals surface area contributed by atoms with Crippen LogP contribution in [0.4, 0.5) is 41.6 Å². The third-order valence-corrected chi connectivity index (χ3v) is 9.79. The topological polar surface area (TPSA) is 180 Å². The number of alkyl halides is 6. The van der Waals surface area contributed by atoms with E-state index in [1.54, 1.807) is 0 Å². The Morgan fingerprint density at radius 3 is 2.13 bits per heavy atom. The number of likely N-dealkylation sites (tertiary alicyclic amines) is 1. The third-order valence-electron chi connectivity index (χ3n) is 9.79. The summed E-state index contributed by atoms with van der Waals surface area (Å²) in [5.74, 6) is -5.83. The normalized spacial score (nSPS) is 14.2. The van der Waals surface area contributed by atoms with Crippen LogP contribution in [0.2, 0.25) is 0 Å². The van der Waals surface area contributed by atoms with Crippen LogP contribution >= 0.6 is 0 Å². The van der Waals surface area contributed by atoms with E-state index in [0.29, 0.717) is 57.3 Å². The summed E-state index contributed by atoms with van der Waals surface area (Å²) in [6.45, 7) is 2.95. The van der Waals surface area contributed by atoms with Gasteiger partial charge in [-0.25, -0.2) is 19.2 Å². The summed E-state index contributed by atoms with van der Waals surface area (Å²) in [5, 5.41) is 11.2. The number of piperidine rings is 1. The van der Waals surface area contributed by atoms with E-state index in [9.17, 15) is 50.3 Å². The molecule has 14 nitrogen and oxygen atoms in total. The highest BCUT2D eigenvalue weighted by Gasteiger charge is 2.43. The first-order valence-corrected chi connectivity index (χ1v) is 19.9. The Morgan fingerprint density at radius 1 is 0.758 bits per heavy atom. The SMILES string of the molecule is O=C(NCCCCCNC[C@H](OC(=O)C(F)(F)F)c1ccc(OC(=O)C(F)(F)F)c2[nH]c(=O)ccc12)NCCCN1CCC(OC(=O)Nc2ccccc2-c2ccccc2)CC1. The number of fused-ring (bicyclic) bond motifs is 1. The molecule has 0 saturated carbocycles. The van der Waals surface area contributed by atoms with Crippen LogP contribution in [-0.2, 0) is 19.1 Å². The van der Waals surface area contributed by atoms with Crippen molar-refractivity contribution in [3.63, 3.8) is 0 Å². The fourth-order valence-electron chi connectivity index (χ4n) is 6.74. The molecule has 2 heterocycles. The van der Waals surface area contributed by atoms with Gasteiger partial charge in [0.2, 0.25) is 5.56 Å². The lowest BCUT2D eigenvalue weighted by atomic mass is 10.0. The number of carbonyl (C=O) groups excluding carboxylic acids is 4. The number of H-pyrrole nitrogens is 1. The van der Waals surface area contributed by atoms with E-state index in [1.807, 2.05) is 54.6 Å². The van der Waals surface area contributed by atoms with Gasteiger partial charge >= 0.3 is 36.4 Å². The van der Waals surface area contributed by atoms with Crippen molar-refractivity contribution in [3.05, 3.63) is 94.8 Å². The minimum Gasteiger partial charge on any atom is -0.449 e. The van der Waals surface area contributed by atoms with Crippen LogP contribution in [0.3, 0.4) is 0 Å². The lowest BCUT2D eigenvalue weighted by Crippen LogP contribution is -2.41. The minimum absolute atomic E-state index is 0.110. The van der Waals surface area contributed by atoms with Crippen LogP contribution in [0.25, 0.3) is 22.0 Å². The number of halogens is 6. The number of anilines is 1. The Labute approximate surface area is 351 Å². The van der Waals surface area contributed by atoms with Crippen molar-refractivity contribution in [1.82, 2.24) is 25.8 Å². The molecule has 4 aromatic rings. The Kier molecular flexibility index (Phi) is 16.7. The van der Waals surface area contributed by atoms with Crippen LogP contribution in [0, 0.1) is 0 Å². The summed E-state index contributed by atoms with van der Waals surface area (Å²) < 4.78 is 92.9. The van der Waals surface area contributed by atoms with Crippen LogP contribution in [0.1, 0.15) is 50.2 Å². The number of nitrogens with one attached hydrogen (secondary N) is 5. The number of aromatic amines is 1. The van der Waals surface area contributed by atoms with Gasteiger partial charge in [0, 0.05) is 55.3 Å². The predicted molar refractivity (Wildman–Crippen MR) is 215 cm³/mol. The van der Waals surface area contributed by atoms with Gasteiger partial charge in [-0.05, 0) is 69.0 Å². The van der Waals surface area contributed by atoms with E-state index in [-0.39, 0.29) is 36.2 Å². The molecule has 1 aliphatic heterocycles. The summed E-state index contributed by atoms with van der Waals surface area (Å²) in [5.41, 5.74) is 1.20. The number of esters is 2. The fraction of sp³-hybridized carbons (Fsp3) is 0.405. The molecule has 1 atom stereocenters. The van der Waals surface area contributed by atoms with E-state index < -0.39 is 53.3 Å². The lowest BCUT2D eigenvalue weighted by Gasteiger charge is -2.31. The highest BCUT2D eigenvalue weighted by molar-refractivity contribution is 5.92. The number of hydrogen-bond donors (Lipinski definition) is 5. The molecule has 5 N–H and O–H groups in total. The summed E-state index contributed by atoms with van der Waals surface area (Å²) in [7, 11) is 0. The smallest absolute Gasteiger partial charge is 0.449 e. The number of para-hydroxylation sites is 1. The van der Waals surface area contributed by atoms with Gasteiger partial charge in [0.15, 0.2) is 5.75 Å². The second-order valence-electron chi connectivity index (χ2n) is 14.3. The molecular formula is C42H46F6N6O8. The molecule has 0 unspecified atom stereocenters. The Morgan fingerprint density at radius 2 is 1.42 bits per heavy atom. The largest absolute Gasteiger partial charge is 0.491 e. The quantitative estimate of drug-likeness (QED) is 0.0303. The van der Waals surface area contributed by atoms with Crippen LogP contribution < -0.4 is 31.6 Å². The standard InChI is InChI=1S/C42H46F6N6O8/c43-41(44,45)37(56)61-33-16-14-30(31-15-17-35(55)53-36(31)33)34(62-38(57)42(46,47)48)26-49-20-7-2-8-21-50-39(58)51-22-9-23-54-24-18-28(19-25-54)60-40(59)52-32-13-6-5-12-29(32)27-10-3-1-4-11-27/h1,3-6,10-17,28,34,49H,2,7-9,18-26H2,(H,52,59)(H,53,55)(H2,50,51,58)/t34-/m0/s1. The maximum Gasteiger partial charge on any atom is 0.491 e. The Balaban J connectivity index is 0.961. The zero-order valence-electron chi connectivity index (χ0n) is 33.3. The van der Waals surface area contributed by atoms with Crippen molar-refractivity contribution < 1.29 is 59.7 Å². The van der Waals surface area contributed by atoms with E-state index in [2.05, 4.69) is 35.9 Å². The molecule has 0 bridgehead atoms. The van der Waals surface area contributed by atoms with Crippen LogP contribution in [-0.4, -0.2) is 98.2 Å². The number of ether oxygens (including phenoxy) is 3. The molecule has 1 saturated heterocycles. The molecule has 0 radical (unpaired) electrons. The van der Waals surface area contributed by atoms with E-state index in [0.717, 1.165) is 55.0 Å². The second-order valence-corrected chi connectivity index (χ2v) is 14.3. The maximum atomic E-state index is 13.2. The first-order valence-electron chi connectivity index (χ1n) is 19.9. The van der Waals surface area contributed by atoms with Gasteiger partial charge in [-0.2, -0.15) is 26.3 Å². The summed E-state index contributed by atoms with van der Waals surface area (Å²) in [6.07, 6.45) is -9.29. The van der Waals surface area contributed by atoms with Gasteiger partial charge in [-0.1, -0.05) is 61.0 Å². The average molecular weight is 877 g/mol. The highest BCUT2D eigenvalue weighted by atomic mass is 19.4. The molecular weight excluding hydrogens is 830 g/mol. The number of amides is 3. The van der Waals surface area contributed by atoms with Crippen LogP contribution in [0.5, 0.6) is 5.75 Å². The molecule has 1 aromatic heterocycles. The van der Waals surface area contributed by atoms with Crippen molar-refractivity contribution in [2.75, 3.05) is 51.1 Å². The lowest BCUT2D eigenvalue weighted by molar-refractivity contribution is -0.205. The van der Waals surface area contributed by atoms with Gasteiger partial charge < -0.3 is 40.0 Å². The molecule has 0 aliphatic carbocycles. The third kappa shape index (κ3) is 14.2. The molecule has 0 spiro atoms. The van der Waals surface area contributed by atoms with Crippen molar-refractivity contribution in [2.45, 2.75) is 63.1 Å². The maximum absolute atomic E-state index is 13.2. The zero-order chi connectivity index (χ0) is 44.7. The second kappa shape index (κ2) is 22.1. The first-order chi connectivity index (χ1) is 29.6. The van der Waals surface area contributed by atoms with Crippen molar-refractivity contribution >= 4 is 40.7 Å². The van der Waals surface area contributed by atoms with Crippen molar-refractivity contribution in [2.24, 2.45) is 0 Å². The fourth-order valence-corrected chi connectivity index (χ4v) is 6.74. The molecule has 1 aliphatic rings. The number of benzene rings is 3.